The number of ether oxygens (including phenoxy) is 1. The first-order chi connectivity index (χ1) is 9.17. The summed E-state index contributed by atoms with van der Waals surface area (Å²) >= 11 is 0. The third-order valence-electron chi connectivity index (χ3n) is 3.75. The predicted octanol–water partition coefficient (Wildman–Crippen LogP) is 2.51. The van der Waals surface area contributed by atoms with Gasteiger partial charge < -0.3 is 15.0 Å². The van der Waals surface area contributed by atoms with E-state index in [1.807, 2.05) is 36.2 Å². The first-order valence-electron chi connectivity index (χ1n) is 6.93. The predicted molar refractivity (Wildman–Crippen MR) is 76.5 cm³/mol. The molecule has 0 fully saturated rings. The van der Waals surface area contributed by atoms with E-state index in [-0.39, 0.29) is 11.9 Å². The molecule has 4 heteroatoms. The Labute approximate surface area is 114 Å². The lowest BCUT2D eigenvalue weighted by Gasteiger charge is -2.33. The van der Waals surface area contributed by atoms with Gasteiger partial charge in [0.1, 0.15) is 5.75 Å². The van der Waals surface area contributed by atoms with Crippen molar-refractivity contribution in [2.24, 2.45) is 0 Å². The molecule has 1 amide bonds. The SMILES string of the molecule is CCC(CC)N(C)C(=O)C1CNc2ccccc2O1. The zero-order valence-electron chi connectivity index (χ0n) is 11.8. The summed E-state index contributed by atoms with van der Waals surface area (Å²) in [6.07, 6.45) is 1.51. The van der Waals surface area contributed by atoms with Gasteiger partial charge in [-0.1, -0.05) is 26.0 Å². The minimum absolute atomic E-state index is 0.0516. The second kappa shape index (κ2) is 5.95. The van der Waals surface area contributed by atoms with Crippen molar-refractivity contribution in [3.8, 4) is 5.75 Å². The molecule has 104 valence electrons. The fourth-order valence-corrected chi connectivity index (χ4v) is 2.49. The van der Waals surface area contributed by atoms with E-state index in [0.717, 1.165) is 24.3 Å². The van der Waals surface area contributed by atoms with Crippen LogP contribution in [0, 0.1) is 0 Å². The number of nitrogens with zero attached hydrogens (tertiary/aromatic N) is 1. The zero-order valence-corrected chi connectivity index (χ0v) is 11.8. The van der Waals surface area contributed by atoms with Gasteiger partial charge in [0.2, 0.25) is 0 Å². The number of carbonyl (C=O) groups excluding carboxylic acids is 1. The minimum Gasteiger partial charge on any atom is -0.477 e. The summed E-state index contributed by atoms with van der Waals surface area (Å²) in [5, 5.41) is 3.25. The summed E-state index contributed by atoms with van der Waals surface area (Å²) in [7, 11) is 1.86. The molecule has 0 radical (unpaired) electrons. The first-order valence-corrected chi connectivity index (χ1v) is 6.93. The Kier molecular flexibility index (Phi) is 4.30. The average Bonchev–Trinajstić information content (AvgIpc) is 2.47. The van der Waals surface area contributed by atoms with Gasteiger partial charge in [-0.2, -0.15) is 0 Å². The van der Waals surface area contributed by atoms with Crippen molar-refractivity contribution >= 4 is 11.6 Å². The summed E-state index contributed by atoms with van der Waals surface area (Å²) in [6, 6.07) is 8.00. The van der Waals surface area contributed by atoms with Crippen LogP contribution in [0.25, 0.3) is 0 Å². The smallest absolute Gasteiger partial charge is 0.265 e. The molecule has 19 heavy (non-hydrogen) atoms. The van der Waals surface area contributed by atoms with E-state index in [1.54, 1.807) is 0 Å². The number of para-hydroxylation sites is 2. The van der Waals surface area contributed by atoms with Crippen LogP contribution in [0.15, 0.2) is 24.3 Å². The number of rotatable bonds is 4. The van der Waals surface area contributed by atoms with Crippen LogP contribution in [0.3, 0.4) is 0 Å². The topological polar surface area (TPSA) is 41.6 Å². The maximum atomic E-state index is 12.4. The van der Waals surface area contributed by atoms with Gasteiger partial charge in [0.05, 0.1) is 12.2 Å². The number of fused-ring (bicyclic) bond motifs is 1. The number of hydrogen-bond acceptors (Lipinski definition) is 3. The zero-order chi connectivity index (χ0) is 13.8. The summed E-state index contributed by atoms with van der Waals surface area (Å²) in [6.45, 7) is 4.74. The van der Waals surface area contributed by atoms with Crippen LogP contribution >= 0.6 is 0 Å². The van der Waals surface area contributed by atoms with Gasteiger partial charge in [0, 0.05) is 13.1 Å². The van der Waals surface area contributed by atoms with E-state index in [0.29, 0.717) is 6.54 Å². The van der Waals surface area contributed by atoms with Gasteiger partial charge in [-0.25, -0.2) is 0 Å². The van der Waals surface area contributed by atoms with Crippen molar-refractivity contribution < 1.29 is 9.53 Å². The second-order valence-electron chi connectivity index (χ2n) is 4.90. The number of amides is 1. The molecule has 0 bridgehead atoms. The molecule has 0 saturated heterocycles. The lowest BCUT2D eigenvalue weighted by atomic mass is 10.1. The standard InChI is InChI=1S/C15H22N2O2/c1-4-11(5-2)17(3)15(18)14-10-16-12-8-6-7-9-13(12)19-14/h6-9,11,14,16H,4-5,10H2,1-3H3. The third-order valence-corrected chi connectivity index (χ3v) is 3.75. The first kappa shape index (κ1) is 13.7. The molecule has 0 aromatic heterocycles. The number of nitrogens with one attached hydrogen (secondary N) is 1. The Morgan fingerprint density at radius 1 is 1.42 bits per heavy atom. The summed E-state index contributed by atoms with van der Waals surface area (Å²) in [4.78, 5) is 14.2. The third kappa shape index (κ3) is 2.83. The highest BCUT2D eigenvalue weighted by Gasteiger charge is 2.30. The molecule has 1 heterocycles. The van der Waals surface area contributed by atoms with E-state index in [9.17, 15) is 4.79 Å². The van der Waals surface area contributed by atoms with Crippen molar-refractivity contribution in [1.29, 1.82) is 0 Å². The highest BCUT2D eigenvalue weighted by Crippen LogP contribution is 2.28. The normalized spacial score (nSPS) is 17.4. The quantitative estimate of drug-likeness (QED) is 0.906. The molecule has 1 unspecified atom stereocenters. The number of carbonyl (C=O) groups is 1. The van der Waals surface area contributed by atoms with Gasteiger partial charge in [0.15, 0.2) is 6.10 Å². The molecule has 1 aliphatic heterocycles. The van der Waals surface area contributed by atoms with Crippen molar-refractivity contribution in [1.82, 2.24) is 4.90 Å². The summed E-state index contributed by atoms with van der Waals surface area (Å²) in [5.41, 5.74) is 0.955. The van der Waals surface area contributed by atoms with Crippen molar-refractivity contribution in [3.05, 3.63) is 24.3 Å². The lowest BCUT2D eigenvalue weighted by Crippen LogP contribution is -2.48. The van der Waals surface area contributed by atoms with Crippen LogP contribution in [0.2, 0.25) is 0 Å². The fraction of sp³-hybridized carbons (Fsp3) is 0.533. The number of benzene rings is 1. The summed E-state index contributed by atoms with van der Waals surface area (Å²) in [5.74, 6) is 0.806. The monoisotopic (exact) mass is 262 g/mol. The van der Waals surface area contributed by atoms with E-state index in [2.05, 4.69) is 19.2 Å². The van der Waals surface area contributed by atoms with Gasteiger partial charge in [-0.05, 0) is 25.0 Å². The Bertz CT molecular complexity index is 444. The maximum absolute atomic E-state index is 12.4. The molecule has 1 atom stereocenters. The highest BCUT2D eigenvalue weighted by atomic mass is 16.5. The lowest BCUT2D eigenvalue weighted by molar-refractivity contribution is -0.139. The highest BCUT2D eigenvalue weighted by molar-refractivity contribution is 5.83. The van der Waals surface area contributed by atoms with Crippen LogP contribution in [0.5, 0.6) is 5.75 Å². The fourth-order valence-electron chi connectivity index (χ4n) is 2.49. The Morgan fingerprint density at radius 3 is 2.79 bits per heavy atom. The molecule has 0 spiro atoms. The van der Waals surface area contributed by atoms with Crippen molar-refractivity contribution in [2.45, 2.75) is 38.8 Å². The number of anilines is 1. The van der Waals surface area contributed by atoms with Crippen molar-refractivity contribution in [2.75, 3.05) is 18.9 Å². The molecular weight excluding hydrogens is 240 g/mol. The molecule has 2 rings (SSSR count). The second-order valence-corrected chi connectivity index (χ2v) is 4.90. The van der Waals surface area contributed by atoms with Gasteiger partial charge in [-0.3, -0.25) is 4.79 Å². The van der Waals surface area contributed by atoms with Crippen LogP contribution < -0.4 is 10.1 Å². The molecule has 1 N–H and O–H groups in total. The van der Waals surface area contributed by atoms with Crippen LogP contribution in [-0.4, -0.2) is 36.5 Å². The van der Waals surface area contributed by atoms with E-state index < -0.39 is 6.10 Å². The van der Waals surface area contributed by atoms with E-state index in [4.69, 9.17) is 4.74 Å². The Morgan fingerprint density at radius 2 is 2.11 bits per heavy atom. The Balaban J connectivity index is 2.06. The average molecular weight is 262 g/mol. The molecule has 1 aromatic carbocycles. The molecule has 4 nitrogen and oxygen atoms in total. The molecule has 1 aromatic rings. The largest absolute Gasteiger partial charge is 0.477 e. The van der Waals surface area contributed by atoms with Gasteiger partial charge >= 0.3 is 0 Å². The van der Waals surface area contributed by atoms with Gasteiger partial charge in [0.25, 0.3) is 5.91 Å². The van der Waals surface area contributed by atoms with E-state index in [1.165, 1.54) is 0 Å². The Hall–Kier alpha value is -1.71. The van der Waals surface area contributed by atoms with Crippen molar-refractivity contribution in [3.63, 3.8) is 0 Å². The van der Waals surface area contributed by atoms with Gasteiger partial charge in [-0.15, -0.1) is 0 Å². The molecule has 1 aliphatic rings. The van der Waals surface area contributed by atoms with Crippen LogP contribution in [0.1, 0.15) is 26.7 Å². The molecule has 0 saturated carbocycles. The maximum Gasteiger partial charge on any atom is 0.265 e. The summed E-state index contributed by atoms with van der Waals surface area (Å²) < 4.78 is 5.80. The van der Waals surface area contributed by atoms with Crippen LogP contribution in [0.4, 0.5) is 5.69 Å². The number of likely N-dealkylation sites (N-methyl/N-ethyl adjacent to an activating group) is 1. The van der Waals surface area contributed by atoms with Crippen LogP contribution in [-0.2, 0) is 4.79 Å². The van der Waals surface area contributed by atoms with E-state index >= 15 is 0 Å². The number of hydrogen-bond donors (Lipinski definition) is 1. The minimum atomic E-state index is -0.430. The molecule has 0 aliphatic carbocycles. The molecular formula is C15H22N2O2.